The number of rotatable bonds is 18. The predicted octanol–water partition coefficient (Wildman–Crippen LogP) is 4.65. The minimum atomic E-state index is -0.684. The largest absolute Gasteiger partial charge is 0.338 e. The van der Waals surface area contributed by atoms with Gasteiger partial charge in [-0.05, 0) is 123 Å². The fourth-order valence-corrected chi connectivity index (χ4v) is 9.82. The van der Waals surface area contributed by atoms with Gasteiger partial charge in [-0.15, -0.1) is 0 Å². The molecule has 4 rings (SSSR count). The standard InChI is InChI=1S/C45H84N12O3/c1-19-31(4)55(25-22-52-28-40(7,8)49-43(13,14)34(52)58)37-46-38(56(32(5)20-2)26-23-53-29-41(9,10)50-44(15,16)35(53)59)48-39(47-37)57(33(6)21-3)27-24-54-30-42(11,12)51-45(17,18)36(54)60/h31-33,49-51H,19-30H2,1-18H3. The highest BCUT2D eigenvalue weighted by Gasteiger charge is 2.46. The first-order valence-electron chi connectivity index (χ1n) is 22.8. The van der Waals surface area contributed by atoms with E-state index in [4.69, 9.17) is 15.0 Å². The average molecular weight is 841 g/mol. The Labute approximate surface area is 363 Å². The Morgan fingerprint density at radius 3 is 0.883 bits per heavy atom. The van der Waals surface area contributed by atoms with Crippen molar-refractivity contribution < 1.29 is 14.4 Å². The predicted molar refractivity (Wildman–Crippen MR) is 245 cm³/mol. The lowest BCUT2D eigenvalue weighted by Gasteiger charge is -2.48. The van der Waals surface area contributed by atoms with Crippen LogP contribution in [0.2, 0.25) is 0 Å². The van der Waals surface area contributed by atoms with Gasteiger partial charge in [-0.3, -0.25) is 30.3 Å². The number of amides is 3. The molecule has 0 aromatic carbocycles. The molecule has 0 spiro atoms. The third kappa shape index (κ3) is 11.6. The normalized spacial score (nSPS) is 23.3. The minimum absolute atomic E-state index is 0.0621. The highest BCUT2D eigenvalue weighted by atomic mass is 16.2. The summed E-state index contributed by atoms with van der Waals surface area (Å²) in [5.74, 6) is 1.93. The minimum Gasteiger partial charge on any atom is -0.338 e. The number of aromatic nitrogens is 3. The lowest BCUT2D eigenvalue weighted by atomic mass is 9.90. The molecule has 60 heavy (non-hydrogen) atoms. The van der Waals surface area contributed by atoms with E-state index in [1.165, 1.54) is 0 Å². The van der Waals surface area contributed by atoms with Gasteiger partial charge in [0.25, 0.3) is 0 Å². The van der Waals surface area contributed by atoms with Crippen molar-refractivity contribution in [2.45, 2.75) is 195 Å². The van der Waals surface area contributed by atoms with E-state index >= 15 is 0 Å². The first-order valence-corrected chi connectivity index (χ1v) is 22.8. The van der Waals surface area contributed by atoms with Crippen LogP contribution in [0.4, 0.5) is 17.8 Å². The average Bonchev–Trinajstić information content (AvgIpc) is 3.12. The van der Waals surface area contributed by atoms with Gasteiger partial charge in [0.1, 0.15) is 0 Å². The number of hydrogen-bond acceptors (Lipinski definition) is 12. The molecule has 0 bridgehead atoms. The van der Waals surface area contributed by atoms with E-state index in [0.717, 1.165) is 19.3 Å². The van der Waals surface area contributed by atoms with Crippen LogP contribution in [0.5, 0.6) is 0 Å². The summed E-state index contributed by atoms with van der Waals surface area (Å²) in [6, 6.07) is 0.186. The molecule has 15 heteroatoms. The molecule has 3 N–H and O–H groups in total. The van der Waals surface area contributed by atoms with Crippen LogP contribution in [0.25, 0.3) is 0 Å². The lowest BCUT2D eigenvalue weighted by Crippen LogP contribution is -2.70. The van der Waals surface area contributed by atoms with Gasteiger partial charge < -0.3 is 29.4 Å². The Morgan fingerprint density at radius 1 is 0.467 bits per heavy atom. The van der Waals surface area contributed by atoms with E-state index in [1.807, 2.05) is 56.2 Å². The number of nitrogens with zero attached hydrogens (tertiary/aromatic N) is 9. The molecule has 3 fully saturated rings. The van der Waals surface area contributed by atoms with Crippen LogP contribution >= 0.6 is 0 Å². The third-order valence-electron chi connectivity index (χ3n) is 12.7. The van der Waals surface area contributed by atoms with Crippen LogP contribution in [0, 0.1) is 0 Å². The molecule has 3 aliphatic rings. The highest BCUT2D eigenvalue weighted by Crippen LogP contribution is 2.29. The summed E-state index contributed by atoms with van der Waals surface area (Å²) in [6.45, 7) is 42.6. The number of anilines is 3. The molecule has 4 heterocycles. The Hall–Kier alpha value is -3.30. The Kier molecular flexibility index (Phi) is 15.0. The third-order valence-corrected chi connectivity index (χ3v) is 12.7. The van der Waals surface area contributed by atoms with Gasteiger partial charge in [-0.25, -0.2) is 0 Å². The molecular formula is C45H84N12O3. The highest BCUT2D eigenvalue weighted by molar-refractivity contribution is 5.88. The summed E-state index contributed by atoms with van der Waals surface area (Å²) < 4.78 is 0. The van der Waals surface area contributed by atoms with E-state index in [2.05, 4.69) is 114 Å². The number of hydrogen-bond donors (Lipinski definition) is 3. The fourth-order valence-electron chi connectivity index (χ4n) is 9.82. The number of carbonyl (C=O) groups is 3. The van der Waals surface area contributed by atoms with E-state index in [-0.39, 0.29) is 52.5 Å². The summed E-state index contributed by atoms with van der Waals surface area (Å²) in [6.07, 6.45) is 2.54. The molecule has 1 aromatic heterocycles. The lowest BCUT2D eigenvalue weighted by molar-refractivity contribution is -0.143. The SMILES string of the molecule is CCC(C)N(CCN1CC(C)(C)NC(C)(C)C1=O)c1nc(N(CCN2CC(C)(C)NC(C)(C)C2=O)C(C)CC)nc(N(CCN2CC(C)(C)NC(C)(C)C2=O)C(C)CC)n1. The van der Waals surface area contributed by atoms with Gasteiger partial charge in [0, 0.05) is 93.6 Å². The van der Waals surface area contributed by atoms with Crippen LogP contribution in [-0.2, 0) is 14.4 Å². The summed E-state index contributed by atoms with van der Waals surface area (Å²) >= 11 is 0. The second-order valence-electron chi connectivity index (χ2n) is 21.7. The molecule has 1 aromatic rings. The molecule has 3 aliphatic heterocycles. The maximum atomic E-state index is 13.8. The Bertz CT molecular complexity index is 1470. The molecule has 3 unspecified atom stereocenters. The summed E-state index contributed by atoms with van der Waals surface area (Å²) in [5, 5.41) is 10.6. The van der Waals surface area contributed by atoms with Crippen molar-refractivity contribution in [1.29, 1.82) is 0 Å². The summed E-state index contributed by atoms with van der Waals surface area (Å²) in [4.78, 5) is 69.9. The molecule has 3 atom stereocenters. The molecule has 0 saturated carbocycles. The van der Waals surface area contributed by atoms with E-state index in [0.29, 0.717) is 76.7 Å². The van der Waals surface area contributed by atoms with Crippen molar-refractivity contribution in [3.05, 3.63) is 0 Å². The monoisotopic (exact) mass is 841 g/mol. The van der Waals surface area contributed by atoms with E-state index in [9.17, 15) is 14.4 Å². The zero-order valence-corrected chi connectivity index (χ0v) is 41.0. The summed E-state index contributed by atoms with van der Waals surface area (Å²) in [5.41, 5.74) is -2.78. The quantitative estimate of drug-likeness (QED) is 0.189. The number of piperazine rings is 3. The van der Waals surface area contributed by atoms with Crippen LogP contribution in [0.15, 0.2) is 0 Å². The van der Waals surface area contributed by atoms with E-state index in [1.54, 1.807) is 0 Å². The fraction of sp³-hybridized carbons (Fsp3) is 0.867. The molecule has 3 amide bonds. The number of carbonyl (C=O) groups excluding carboxylic acids is 3. The van der Waals surface area contributed by atoms with Crippen LogP contribution in [0.1, 0.15) is 144 Å². The summed E-state index contributed by atoms with van der Waals surface area (Å²) in [7, 11) is 0. The zero-order valence-electron chi connectivity index (χ0n) is 41.0. The second kappa shape index (κ2) is 18.2. The van der Waals surface area contributed by atoms with Gasteiger partial charge in [-0.2, -0.15) is 15.0 Å². The van der Waals surface area contributed by atoms with Gasteiger partial charge >= 0.3 is 0 Å². The van der Waals surface area contributed by atoms with Gasteiger partial charge in [0.2, 0.25) is 35.6 Å². The van der Waals surface area contributed by atoms with Gasteiger partial charge in [0.05, 0.1) is 16.6 Å². The zero-order chi connectivity index (χ0) is 45.4. The van der Waals surface area contributed by atoms with E-state index < -0.39 is 16.6 Å². The maximum Gasteiger partial charge on any atom is 0.242 e. The maximum absolute atomic E-state index is 13.8. The topological polar surface area (TPSA) is 145 Å². The van der Waals surface area contributed by atoms with Crippen molar-refractivity contribution in [2.75, 3.05) is 73.6 Å². The van der Waals surface area contributed by atoms with Crippen molar-refractivity contribution in [2.24, 2.45) is 0 Å². The van der Waals surface area contributed by atoms with Crippen LogP contribution in [0.3, 0.4) is 0 Å². The van der Waals surface area contributed by atoms with Gasteiger partial charge in [-0.1, -0.05) is 20.8 Å². The van der Waals surface area contributed by atoms with Crippen molar-refractivity contribution in [3.63, 3.8) is 0 Å². The first-order chi connectivity index (χ1) is 27.5. The molecule has 0 radical (unpaired) electrons. The molecule has 342 valence electrons. The Morgan fingerprint density at radius 2 is 0.683 bits per heavy atom. The molecular weight excluding hydrogens is 757 g/mol. The smallest absolute Gasteiger partial charge is 0.242 e. The van der Waals surface area contributed by atoms with Crippen LogP contribution < -0.4 is 30.7 Å². The first kappa shape index (κ1) is 49.4. The Balaban J connectivity index is 1.82. The molecule has 15 nitrogen and oxygen atoms in total. The second-order valence-corrected chi connectivity index (χ2v) is 21.7. The van der Waals surface area contributed by atoms with Crippen molar-refractivity contribution >= 4 is 35.6 Å². The molecule has 3 saturated heterocycles. The van der Waals surface area contributed by atoms with Gasteiger partial charge in [0.15, 0.2) is 0 Å². The van der Waals surface area contributed by atoms with Crippen molar-refractivity contribution in [3.8, 4) is 0 Å². The van der Waals surface area contributed by atoms with Crippen molar-refractivity contribution in [1.82, 2.24) is 45.6 Å². The molecule has 0 aliphatic carbocycles. The number of nitrogens with one attached hydrogen (secondary N) is 3. The van der Waals surface area contributed by atoms with Crippen LogP contribution in [-0.4, -0.2) is 158 Å².